The molecule has 2 heterocycles. The zero-order chi connectivity index (χ0) is 15.1. The van der Waals surface area contributed by atoms with Crippen LogP contribution in [0.3, 0.4) is 0 Å². The molecule has 0 spiro atoms. The van der Waals surface area contributed by atoms with Crippen LogP contribution in [0.4, 0.5) is 5.82 Å². The number of hydrogen-bond acceptors (Lipinski definition) is 4. The van der Waals surface area contributed by atoms with E-state index in [1.807, 2.05) is 19.9 Å². The molecule has 8 heteroatoms. The van der Waals surface area contributed by atoms with Gasteiger partial charge in [0, 0.05) is 23.4 Å². The predicted molar refractivity (Wildman–Crippen MR) is 79.8 cm³/mol. The number of sulfonamides is 1. The van der Waals surface area contributed by atoms with E-state index in [0.29, 0.717) is 12.4 Å². The molecule has 2 rings (SSSR count). The van der Waals surface area contributed by atoms with Crippen LogP contribution in [-0.4, -0.2) is 31.6 Å². The monoisotopic (exact) mass is 361 g/mol. The van der Waals surface area contributed by atoms with Gasteiger partial charge in [0.2, 0.25) is 15.9 Å². The second kappa shape index (κ2) is 5.42. The van der Waals surface area contributed by atoms with E-state index in [2.05, 4.69) is 20.9 Å². The lowest BCUT2D eigenvalue weighted by Crippen LogP contribution is -2.28. The first-order valence-electron chi connectivity index (χ1n) is 6.12. The Morgan fingerprint density at radius 3 is 2.70 bits per heavy atom. The Balaban J connectivity index is 2.24. The number of halogens is 1. The fraction of sp³-hybridized carbons (Fsp3) is 0.500. The van der Waals surface area contributed by atoms with E-state index >= 15 is 0 Å². The van der Waals surface area contributed by atoms with Gasteiger partial charge >= 0.3 is 0 Å². The van der Waals surface area contributed by atoms with Crippen LogP contribution in [0, 0.1) is 19.8 Å². The minimum Gasteiger partial charge on any atom is -0.296 e. The number of aromatic nitrogens is 1. The molecule has 1 atom stereocenters. The highest BCUT2D eigenvalue weighted by Gasteiger charge is 2.33. The molecule has 2 N–H and O–H groups in total. The third-order valence-electron chi connectivity index (χ3n) is 3.24. The van der Waals surface area contributed by atoms with Crippen molar-refractivity contribution in [2.45, 2.75) is 20.3 Å². The third kappa shape index (κ3) is 3.36. The zero-order valence-electron chi connectivity index (χ0n) is 11.3. The number of rotatable bonds is 3. The second-order valence-electron chi connectivity index (χ2n) is 5.10. The summed E-state index contributed by atoms with van der Waals surface area (Å²) in [5.74, 6) is -0.00931. The van der Waals surface area contributed by atoms with Crippen LogP contribution in [0.5, 0.6) is 0 Å². The van der Waals surface area contributed by atoms with Crippen molar-refractivity contribution in [3.8, 4) is 0 Å². The van der Waals surface area contributed by atoms with Crippen molar-refractivity contribution < 1.29 is 13.2 Å². The van der Waals surface area contributed by atoms with Crippen LogP contribution in [0.2, 0.25) is 0 Å². The minimum absolute atomic E-state index is 0.118. The Morgan fingerprint density at radius 2 is 2.15 bits per heavy atom. The van der Waals surface area contributed by atoms with Gasteiger partial charge in [0.25, 0.3) is 0 Å². The number of primary sulfonamides is 1. The summed E-state index contributed by atoms with van der Waals surface area (Å²) in [6.45, 7) is 4.11. The normalized spacial score (nSPS) is 19.7. The smallest absolute Gasteiger partial charge is 0.228 e. The standard InChI is InChI=1S/C12H16BrN3O3S/c1-7-3-10(15-8(2)12(7)13)16-5-9(4-11(16)17)6-20(14,18)19/h3,9H,4-6H2,1-2H3,(H2,14,18,19). The number of nitrogens with two attached hydrogens (primary N) is 1. The summed E-state index contributed by atoms with van der Waals surface area (Å²) in [6.07, 6.45) is 0.187. The molecule has 20 heavy (non-hydrogen) atoms. The molecule has 1 aliphatic rings. The highest BCUT2D eigenvalue weighted by molar-refractivity contribution is 9.10. The molecule has 1 saturated heterocycles. The first-order valence-corrected chi connectivity index (χ1v) is 8.63. The molecule has 110 valence electrons. The molecule has 0 saturated carbocycles. The molecular weight excluding hydrogens is 346 g/mol. The maximum Gasteiger partial charge on any atom is 0.228 e. The fourth-order valence-electron chi connectivity index (χ4n) is 2.38. The Bertz CT molecular complexity index is 637. The van der Waals surface area contributed by atoms with Gasteiger partial charge in [-0.05, 0) is 41.4 Å². The number of aryl methyl sites for hydroxylation is 2. The van der Waals surface area contributed by atoms with Gasteiger partial charge in [-0.25, -0.2) is 18.5 Å². The van der Waals surface area contributed by atoms with E-state index < -0.39 is 10.0 Å². The molecule has 1 fully saturated rings. The molecule has 0 aliphatic carbocycles. The molecule has 0 radical (unpaired) electrons. The zero-order valence-corrected chi connectivity index (χ0v) is 13.7. The van der Waals surface area contributed by atoms with Crippen molar-refractivity contribution in [1.82, 2.24) is 4.98 Å². The fourth-order valence-corrected chi connectivity index (χ4v) is 3.46. The molecule has 1 aromatic rings. The van der Waals surface area contributed by atoms with Crippen molar-refractivity contribution in [3.63, 3.8) is 0 Å². The summed E-state index contributed by atoms with van der Waals surface area (Å²) in [5.41, 5.74) is 1.78. The molecule has 1 unspecified atom stereocenters. The quantitative estimate of drug-likeness (QED) is 0.872. The van der Waals surface area contributed by atoms with Gasteiger partial charge in [-0.3, -0.25) is 9.69 Å². The Labute approximate surface area is 126 Å². The Morgan fingerprint density at radius 1 is 1.50 bits per heavy atom. The van der Waals surface area contributed by atoms with E-state index in [9.17, 15) is 13.2 Å². The summed E-state index contributed by atoms with van der Waals surface area (Å²) in [6, 6.07) is 1.81. The number of carbonyl (C=O) groups excluding carboxylic acids is 1. The number of pyridine rings is 1. The summed E-state index contributed by atoms with van der Waals surface area (Å²) < 4.78 is 23.1. The van der Waals surface area contributed by atoms with E-state index in [0.717, 1.165) is 15.7 Å². The number of carbonyl (C=O) groups is 1. The lowest BCUT2D eigenvalue weighted by atomic mass is 10.1. The number of hydrogen-bond donors (Lipinski definition) is 1. The first kappa shape index (κ1) is 15.4. The van der Waals surface area contributed by atoms with Crippen LogP contribution in [0.15, 0.2) is 10.5 Å². The number of anilines is 1. The van der Waals surface area contributed by atoms with Crippen LogP contribution >= 0.6 is 15.9 Å². The molecule has 6 nitrogen and oxygen atoms in total. The summed E-state index contributed by atoms with van der Waals surface area (Å²) >= 11 is 3.43. The average molecular weight is 362 g/mol. The topological polar surface area (TPSA) is 93.4 Å². The average Bonchev–Trinajstić information content (AvgIpc) is 2.63. The third-order valence-corrected chi connectivity index (χ3v) is 5.38. The minimum atomic E-state index is -3.57. The lowest BCUT2D eigenvalue weighted by molar-refractivity contribution is -0.117. The molecule has 1 aromatic heterocycles. The molecular formula is C12H16BrN3O3S. The van der Waals surface area contributed by atoms with Crippen LogP contribution < -0.4 is 10.0 Å². The van der Waals surface area contributed by atoms with E-state index in [1.165, 1.54) is 4.90 Å². The van der Waals surface area contributed by atoms with Gasteiger partial charge in [-0.15, -0.1) is 0 Å². The highest BCUT2D eigenvalue weighted by Crippen LogP contribution is 2.28. The van der Waals surface area contributed by atoms with Gasteiger partial charge in [0.05, 0.1) is 11.4 Å². The van der Waals surface area contributed by atoms with E-state index in [4.69, 9.17) is 5.14 Å². The number of amides is 1. The summed E-state index contributed by atoms with van der Waals surface area (Å²) in [7, 11) is -3.57. The second-order valence-corrected chi connectivity index (χ2v) is 7.55. The first-order chi connectivity index (χ1) is 9.17. The van der Waals surface area contributed by atoms with Crippen LogP contribution in [0.25, 0.3) is 0 Å². The molecule has 1 amide bonds. The van der Waals surface area contributed by atoms with Crippen molar-refractivity contribution >= 4 is 37.7 Å². The van der Waals surface area contributed by atoms with Crippen molar-refractivity contribution in [2.24, 2.45) is 11.1 Å². The summed E-state index contributed by atoms with van der Waals surface area (Å²) in [5, 5.41) is 5.03. The van der Waals surface area contributed by atoms with E-state index in [-0.39, 0.29) is 24.0 Å². The van der Waals surface area contributed by atoms with Gasteiger partial charge < -0.3 is 0 Å². The van der Waals surface area contributed by atoms with Gasteiger partial charge in [0.15, 0.2) is 0 Å². The largest absolute Gasteiger partial charge is 0.296 e. The van der Waals surface area contributed by atoms with Gasteiger partial charge in [-0.2, -0.15) is 0 Å². The van der Waals surface area contributed by atoms with Crippen molar-refractivity contribution in [3.05, 3.63) is 21.8 Å². The van der Waals surface area contributed by atoms with Crippen LogP contribution in [-0.2, 0) is 14.8 Å². The van der Waals surface area contributed by atoms with Gasteiger partial charge in [0.1, 0.15) is 5.82 Å². The SMILES string of the molecule is Cc1cc(N2CC(CS(N)(=O)=O)CC2=O)nc(C)c1Br. The Hall–Kier alpha value is -0.990. The van der Waals surface area contributed by atoms with Gasteiger partial charge in [-0.1, -0.05) is 0 Å². The van der Waals surface area contributed by atoms with Crippen LogP contribution in [0.1, 0.15) is 17.7 Å². The highest BCUT2D eigenvalue weighted by atomic mass is 79.9. The molecule has 0 bridgehead atoms. The summed E-state index contributed by atoms with van der Waals surface area (Å²) in [4.78, 5) is 17.9. The predicted octanol–water partition coefficient (Wildman–Crippen LogP) is 1.10. The molecule has 0 aromatic carbocycles. The lowest BCUT2D eigenvalue weighted by Gasteiger charge is -2.17. The van der Waals surface area contributed by atoms with E-state index in [1.54, 1.807) is 0 Å². The van der Waals surface area contributed by atoms with Crippen molar-refractivity contribution in [2.75, 3.05) is 17.2 Å². The van der Waals surface area contributed by atoms with Crippen molar-refractivity contribution in [1.29, 1.82) is 0 Å². The molecule has 1 aliphatic heterocycles. The Kier molecular flexibility index (Phi) is 4.17. The maximum absolute atomic E-state index is 12.0. The maximum atomic E-state index is 12.0. The number of nitrogens with zero attached hydrogens (tertiary/aromatic N) is 2.